The fourth-order valence-corrected chi connectivity index (χ4v) is 4.18. The summed E-state index contributed by atoms with van der Waals surface area (Å²) >= 11 is 5.36. The number of non-ortho nitro benzene ring substituents is 1. The molecule has 0 aliphatic carbocycles. The molecule has 1 saturated heterocycles. The molecule has 1 aliphatic heterocycles. The van der Waals surface area contributed by atoms with Gasteiger partial charge in [-0.05, 0) is 39.6 Å². The van der Waals surface area contributed by atoms with Crippen LogP contribution in [0.1, 0.15) is 20.3 Å². The first kappa shape index (κ1) is 14.7. The molecule has 1 N–H and O–H groups in total. The summed E-state index contributed by atoms with van der Waals surface area (Å²) in [6.45, 7) is 4.54. The second-order valence-electron chi connectivity index (χ2n) is 5.43. The van der Waals surface area contributed by atoms with Crippen LogP contribution in [-0.4, -0.2) is 22.5 Å². The Labute approximate surface area is 125 Å². The van der Waals surface area contributed by atoms with Gasteiger partial charge in [-0.2, -0.15) is 11.8 Å². The van der Waals surface area contributed by atoms with Crippen LogP contribution in [0.15, 0.2) is 22.7 Å². The normalized spacial score (nSPS) is 21.9. The SMILES string of the molecule is CC1(C)CCSCC1Nc1ccc([N+](=O)[O-])cc1Br. The molecule has 104 valence electrons. The summed E-state index contributed by atoms with van der Waals surface area (Å²) in [6.07, 6.45) is 1.18. The number of nitro benzene ring substituents is 1. The van der Waals surface area contributed by atoms with Gasteiger partial charge >= 0.3 is 0 Å². The first-order valence-electron chi connectivity index (χ1n) is 6.18. The molecule has 2 rings (SSSR count). The van der Waals surface area contributed by atoms with Crippen LogP contribution in [0.5, 0.6) is 0 Å². The van der Waals surface area contributed by atoms with E-state index in [0.717, 1.165) is 15.9 Å². The van der Waals surface area contributed by atoms with Gasteiger partial charge in [0.25, 0.3) is 5.69 Å². The molecule has 1 aromatic carbocycles. The average Bonchev–Trinajstić information content (AvgIpc) is 2.33. The van der Waals surface area contributed by atoms with Crippen LogP contribution in [0.3, 0.4) is 0 Å². The van der Waals surface area contributed by atoms with Gasteiger partial charge in [0, 0.05) is 34.1 Å². The minimum absolute atomic E-state index is 0.106. The molecule has 1 aromatic rings. The fourth-order valence-electron chi connectivity index (χ4n) is 2.10. The summed E-state index contributed by atoms with van der Waals surface area (Å²) in [4.78, 5) is 10.3. The number of anilines is 1. The minimum Gasteiger partial charge on any atom is -0.380 e. The summed E-state index contributed by atoms with van der Waals surface area (Å²) in [5.41, 5.74) is 1.27. The number of thioether (sulfide) groups is 1. The Morgan fingerprint density at radius 3 is 2.84 bits per heavy atom. The monoisotopic (exact) mass is 344 g/mol. The molecule has 0 spiro atoms. The van der Waals surface area contributed by atoms with E-state index >= 15 is 0 Å². The van der Waals surface area contributed by atoms with Crippen molar-refractivity contribution < 1.29 is 4.92 Å². The molecule has 0 amide bonds. The Morgan fingerprint density at radius 2 is 2.26 bits per heavy atom. The quantitative estimate of drug-likeness (QED) is 0.655. The van der Waals surface area contributed by atoms with Crippen LogP contribution in [0.25, 0.3) is 0 Å². The van der Waals surface area contributed by atoms with Crippen molar-refractivity contribution in [2.45, 2.75) is 26.3 Å². The molecule has 6 heteroatoms. The van der Waals surface area contributed by atoms with E-state index in [4.69, 9.17) is 0 Å². The van der Waals surface area contributed by atoms with Crippen LogP contribution >= 0.6 is 27.7 Å². The smallest absolute Gasteiger partial charge is 0.270 e. The van der Waals surface area contributed by atoms with Gasteiger partial charge in [-0.15, -0.1) is 0 Å². The van der Waals surface area contributed by atoms with Crippen molar-refractivity contribution in [3.05, 3.63) is 32.8 Å². The van der Waals surface area contributed by atoms with Crippen molar-refractivity contribution in [3.63, 3.8) is 0 Å². The molecular weight excluding hydrogens is 328 g/mol. The molecule has 1 heterocycles. The van der Waals surface area contributed by atoms with E-state index in [1.165, 1.54) is 18.2 Å². The highest BCUT2D eigenvalue weighted by Crippen LogP contribution is 2.37. The molecule has 1 aliphatic rings. The standard InChI is InChI=1S/C13H17BrN2O2S/c1-13(2)5-6-19-8-12(13)15-11-4-3-9(16(17)18)7-10(11)14/h3-4,7,12,15H,5-6,8H2,1-2H3. The predicted octanol–water partition coefficient (Wildman–Crippen LogP) is 4.30. The number of nitro groups is 1. The largest absolute Gasteiger partial charge is 0.380 e. The third kappa shape index (κ3) is 3.42. The van der Waals surface area contributed by atoms with Crippen molar-refractivity contribution in [3.8, 4) is 0 Å². The Morgan fingerprint density at radius 1 is 1.53 bits per heavy atom. The number of hydrogen-bond donors (Lipinski definition) is 1. The van der Waals surface area contributed by atoms with E-state index in [1.54, 1.807) is 12.1 Å². The van der Waals surface area contributed by atoms with Crippen LogP contribution in [-0.2, 0) is 0 Å². The van der Waals surface area contributed by atoms with Gasteiger partial charge < -0.3 is 5.32 Å². The summed E-state index contributed by atoms with van der Waals surface area (Å²) in [6, 6.07) is 5.24. The van der Waals surface area contributed by atoms with Crippen molar-refractivity contribution in [1.82, 2.24) is 0 Å². The molecular formula is C13H17BrN2O2S. The molecule has 0 bridgehead atoms. The molecule has 0 saturated carbocycles. The molecule has 1 unspecified atom stereocenters. The van der Waals surface area contributed by atoms with Crippen molar-refractivity contribution in [1.29, 1.82) is 0 Å². The minimum atomic E-state index is -0.380. The Bertz CT molecular complexity index is 494. The zero-order valence-corrected chi connectivity index (χ0v) is 13.4. The third-order valence-corrected chi connectivity index (χ3v) is 5.33. The maximum atomic E-state index is 10.7. The highest BCUT2D eigenvalue weighted by molar-refractivity contribution is 9.10. The van der Waals surface area contributed by atoms with E-state index in [9.17, 15) is 10.1 Å². The topological polar surface area (TPSA) is 55.2 Å². The summed E-state index contributed by atoms with van der Waals surface area (Å²) in [5, 5.41) is 14.2. The first-order valence-corrected chi connectivity index (χ1v) is 8.13. The zero-order chi connectivity index (χ0) is 14.0. The first-order chi connectivity index (χ1) is 8.90. The van der Waals surface area contributed by atoms with E-state index in [0.29, 0.717) is 6.04 Å². The van der Waals surface area contributed by atoms with Gasteiger partial charge in [0.2, 0.25) is 0 Å². The number of nitrogens with zero attached hydrogens (tertiary/aromatic N) is 1. The van der Waals surface area contributed by atoms with Crippen LogP contribution in [0.4, 0.5) is 11.4 Å². The zero-order valence-electron chi connectivity index (χ0n) is 11.0. The number of nitrogens with one attached hydrogen (secondary N) is 1. The molecule has 4 nitrogen and oxygen atoms in total. The lowest BCUT2D eigenvalue weighted by atomic mass is 9.82. The van der Waals surface area contributed by atoms with Gasteiger partial charge in [-0.1, -0.05) is 13.8 Å². The summed E-state index contributed by atoms with van der Waals surface area (Å²) in [5.74, 6) is 2.27. The number of benzene rings is 1. The third-order valence-electron chi connectivity index (χ3n) is 3.61. The maximum absolute atomic E-state index is 10.7. The Hall–Kier alpha value is -0.750. The van der Waals surface area contributed by atoms with E-state index in [2.05, 4.69) is 35.1 Å². The maximum Gasteiger partial charge on any atom is 0.270 e. The number of halogens is 1. The van der Waals surface area contributed by atoms with E-state index in [-0.39, 0.29) is 16.0 Å². The summed E-state index contributed by atoms with van der Waals surface area (Å²) < 4.78 is 0.744. The lowest BCUT2D eigenvalue weighted by Crippen LogP contribution is -2.41. The van der Waals surface area contributed by atoms with Crippen LogP contribution in [0, 0.1) is 15.5 Å². The average molecular weight is 345 g/mol. The van der Waals surface area contributed by atoms with E-state index in [1.807, 2.05) is 11.8 Å². The van der Waals surface area contributed by atoms with Gasteiger partial charge in [0.15, 0.2) is 0 Å². The van der Waals surface area contributed by atoms with Gasteiger partial charge in [-0.25, -0.2) is 0 Å². The van der Waals surface area contributed by atoms with Crippen LogP contribution < -0.4 is 5.32 Å². The van der Waals surface area contributed by atoms with Crippen molar-refractivity contribution >= 4 is 39.1 Å². The number of hydrogen-bond acceptors (Lipinski definition) is 4. The highest BCUT2D eigenvalue weighted by atomic mass is 79.9. The van der Waals surface area contributed by atoms with Crippen LogP contribution in [0.2, 0.25) is 0 Å². The molecule has 1 atom stereocenters. The second-order valence-corrected chi connectivity index (χ2v) is 7.44. The fraction of sp³-hybridized carbons (Fsp3) is 0.538. The van der Waals surface area contributed by atoms with E-state index < -0.39 is 0 Å². The number of rotatable bonds is 3. The Balaban J connectivity index is 2.17. The molecule has 0 radical (unpaired) electrons. The van der Waals surface area contributed by atoms with Gasteiger partial charge in [-0.3, -0.25) is 10.1 Å². The Kier molecular flexibility index (Phi) is 4.40. The predicted molar refractivity (Wildman–Crippen MR) is 83.9 cm³/mol. The van der Waals surface area contributed by atoms with Crippen molar-refractivity contribution in [2.24, 2.45) is 5.41 Å². The summed E-state index contributed by atoms with van der Waals surface area (Å²) in [7, 11) is 0. The lowest BCUT2D eigenvalue weighted by molar-refractivity contribution is -0.384. The van der Waals surface area contributed by atoms with Gasteiger partial charge in [0.1, 0.15) is 0 Å². The molecule has 1 fully saturated rings. The van der Waals surface area contributed by atoms with Gasteiger partial charge in [0.05, 0.1) is 4.92 Å². The van der Waals surface area contributed by atoms with Crippen molar-refractivity contribution in [2.75, 3.05) is 16.8 Å². The lowest BCUT2D eigenvalue weighted by Gasteiger charge is -2.39. The highest BCUT2D eigenvalue weighted by Gasteiger charge is 2.32. The second kappa shape index (κ2) is 5.71. The molecule has 0 aromatic heterocycles. The molecule has 19 heavy (non-hydrogen) atoms.